The first kappa shape index (κ1) is 15.4. The lowest BCUT2D eigenvalue weighted by molar-refractivity contribution is -0.124. The maximum absolute atomic E-state index is 14.0. The highest BCUT2D eigenvalue weighted by atomic mass is 19.1. The highest BCUT2D eigenvalue weighted by molar-refractivity contribution is 5.91. The van der Waals surface area contributed by atoms with Crippen LogP contribution in [0.25, 0.3) is 0 Å². The van der Waals surface area contributed by atoms with Crippen molar-refractivity contribution in [1.29, 1.82) is 0 Å². The van der Waals surface area contributed by atoms with Gasteiger partial charge in [-0.3, -0.25) is 15.6 Å². The quantitative estimate of drug-likeness (QED) is 0.780. The van der Waals surface area contributed by atoms with Crippen molar-refractivity contribution in [1.82, 2.24) is 16.2 Å². The molecule has 1 saturated carbocycles. The van der Waals surface area contributed by atoms with Crippen LogP contribution in [-0.4, -0.2) is 24.0 Å². The van der Waals surface area contributed by atoms with Gasteiger partial charge in [0.2, 0.25) is 5.91 Å². The Kier molecular flexibility index (Phi) is 4.19. The number of carbonyl (C=O) groups is 1. The molecule has 0 radical (unpaired) electrons. The number of rotatable bonds is 5. The van der Waals surface area contributed by atoms with Crippen LogP contribution in [-0.2, 0) is 10.2 Å². The summed E-state index contributed by atoms with van der Waals surface area (Å²) in [7, 11) is 0. The minimum atomic E-state index is -0.645. The Hall–Kier alpha value is -1.46. The van der Waals surface area contributed by atoms with Gasteiger partial charge in [-0.25, -0.2) is 4.39 Å². The maximum Gasteiger partial charge on any atom is 0.230 e. The van der Waals surface area contributed by atoms with E-state index in [4.69, 9.17) is 0 Å². The second kappa shape index (κ2) is 5.97. The molecule has 1 saturated heterocycles. The number of hydrogen-bond acceptors (Lipinski definition) is 3. The van der Waals surface area contributed by atoms with E-state index in [0.29, 0.717) is 17.6 Å². The topological polar surface area (TPSA) is 53.2 Å². The van der Waals surface area contributed by atoms with Crippen molar-refractivity contribution in [2.75, 3.05) is 0 Å². The number of hydrogen-bond donors (Lipinski definition) is 3. The van der Waals surface area contributed by atoms with Crippen LogP contribution in [0.3, 0.4) is 0 Å². The van der Waals surface area contributed by atoms with Crippen molar-refractivity contribution in [3.63, 3.8) is 0 Å². The molecule has 3 unspecified atom stereocenters. The minimum absolute atomic E-state index is 0.0379. The Balaban J connectivity index is 1.61. The predicted octanol–water partition coefficient (Wildman–Crippen LogP) is 2.01. The summed E-state index contributed by atoms with van der Waals surface area (Å²) in [5.41, 5.74) is 6.33. The third kappa shape index (κ3) is 3.01. The second-order valence-electron chi connectivity index (χ2n) is 6.79. The minimum Gasteiger partial charge on any atom is -0.353 e. The molecule has 3 atom stereocenters. The van der Waals surface area contributed by atoms with Gasteiger partial charge in [0.1, 0.15) is 5.82 Å². The third-order valence-electron chi connectivity index (χ3n) is 4.76. The van der Waals surface area contributed by atoms with Crippen LogP contribution in [0.4, 0.5) is 4.39 Å². The smallest absolute Gasteiger partial charge is 0.230 e. The molecule has 3 N–H and O–H groups in total. The van der Waals surface area contributed by atoms with E-state index in [9.17, 15) is 9.18 Å². The Morgan fingerprint density at radius 1 is 1.41 bits per heavy atom. The fourth-order valence-corrected chi connectivity index (χ4v) is 3.40. The van der Waals surface area contributed by atoms with Crippen LogP contribution in [0.1, 0.15) is 45.1 Å². The van der Waals surface area contributed by atoms with Crippen molar-refractivity contribution in [3.05, 3.63) is 35.6 Å². The molecule has 2 fully saturated rings. The SMILES string of the molecule is CC1CC(CC(C)NC(=O)C2(c3ccccc3F)CC2)NN1. The Morgan fingerprint density at radius 2 is 2.14 bits per heavy atom. The van der Waals surface area contributed by atoms with Gasteiger partial charge in [0.05, 0.1) is 5.41 Å². The van der Waals surface area contributed by atoms with Gasteiger partial charge in [0.25, 0.3) is 0 Å². The van der Waals surface area contributed by atoms with Gasteiger partial charge in [-0.05, 0) is 45.6 Å². The van der Waals surface area contributed by atoms with Gasteiger partial charge in [-0.2, -0.15) is 0 Å². The molecule has 5 heteroatoms. The summed E-state index contributed by atoms with van der Waals surface area (Å²) in [4.78, 5) is 12.6. The first-order chi connectivity index (χ1) is 10.5. The zero-order valence-electron chi connectivity index (χ0n) is 13.2. The van der Waals surface area contributed by atoms with Crippen LogP contribution >= 0.6 is 0 Å². The van der Waals surface area contributed by atoms with Crippen LogP contribution in [0, 0.1) is 5.82 Å². The fraction of sp³-hybridized carbons (Fsp3) is 0.588. The van der Waals surface area contributed by atoms with Crippen molar-refractivity contribution < 1.29 is 9.18 Å². The van der Waals surface area contributed by atoms with E-state index in [2.05, 4.69) is 23.1 Å². The first-order valence-electron chi connectivity index (χ1n) is 8.08. The molecule has 1 aliphatic heterocycles. The predicted molar refractivity (Wildman–Crippen MR) is 83.7 cm³/mol. The van der Waals surface area contributed by atoms with Crippen molar-refractivity contribution in [2.45, 2.75) is 63.1 Å². The Morgan fingerprint density at radius 3 is 2.73 bits per heavy atom. The van der Waals surface area contributed by atoms with Gasteiger partial charge in [0.15, 0.2) is 0 Å². The van der Waals surface area contributed by atoms with Gasteiger partial charge in [-0.15, -0.1) is 0 Å². The molecule has 1 heterocycles. The van der Waals surface area contributed by atoms with E-state index in [1.54, 1.807) is 18.2 Å². The summed E-state index contributed by atoms with van der Waals surface area (Å²) in [5.74, 6) is -0.317. The average molecular weight is 305 g/mol. The Labute approximate surface area is 130 Å². The summed E-state index contributed by atoms with van der Waals surface area (Å²) in [6, 6.07) is 7.52. The van der Waals surface area contributed by atoms with E-state index in [1.165, 1.54) is 6.07 Å². The van der Waals surface area contributed by atoms with Gasteiger partial charge < -0.3 is 5.32 Å². The highest BCUT2D eigenvalue weighted by Crippen LogP contribution is 2.49. The second-order valence-corrected chi connectivity index (χ2v) is 6.79. The van der Waals surface area contributed by atoms with Crippen molar-refractivity contribution in [3.8, 4) is 0 Å². The molecule has 1 aromatic rings. The molecule has 1 aromatic carbocycles. The van der Waals surface area contributed by atoms with E-state index in [-0.39, 0.29) is 17.8 Å². The molecule has 0 bridgehead atoms. The lowest BCUT2D eigenvalue weighted by Crippen LogP contribution is -2.43. The summed E-state index contributed by atoms with van der Waals surface area (Å²) >= 11 is 0. The fourth-order valence-electron chi connectivity index (χ4n) is 3.40. The number of benzene rings is 1. The molecule has 3 rings (SSSR count). The van der Waals surface area contributed by atoms with Gasteiger partial charge in [0, 0.05) is 23.7 Å². The number of halogens is 1. The number of hydrazine groups is 1. The van der Waals surface area contributed by atoms with E-state index >= 15 is 0 Å². The zero-order valence-corrected chi connectivity index (χ0v) is 13.2. The van der Waals surface area contributed by atoms with E-state index < -0.39 is 5.41 Å². The number of nitrogens with one attached hydrogen (secondary N) is 3. The number of amides is 1. The summed E-state index contributed by atoms with van der Waals surface area (Å²) in [5, 5.41) is 3.08. The molecule has 1 aliphatic carbocycles. The van der Waals surface area contributed by atoms with Crippen LogP contribution in [0.5, 0.6) is 0 Å². The largest absolute Gasteiger partial charge is 0.353 e. The normalized spacial score (nSPS) is 27.4. The summed E-state index contributed by atoms with van der Waals surface area (Å²) in [6.45, 7) is 4.15. The van der Waals surface area contributed by atoms with Gasteiger partial charge >= 0.3 is 0 Å². The van der Waals surface area contributed by atoms with Crippen LogP contribution in [0.2, 0.25) is 0 Å². The van der Waals surface area contributed by atoms with Gasteiger partial charge in [-0.1, -0.05) is 18.2 Å². The molecule has 120 valence electrons. The molecule has 2 aliphatic rings. The van der Waals surface area contributed by atoms with Crippen molar-refractivity contribution >= 4 is 5.91 Å². The van der Waals surface area contributed by atoms with E-state index in [1.807, 2.05) is 6.92 Å². The molecule has 22 heavy (non-hydrogen) atoms. The molecular formula is C17H24FN3O. The molecule has 0 spiro atoms. The molecule has 4 nitrogen and oxygen atoms in total. The van der Waals surface area contributed by atoms with Crippen LogP contribution < -0.4 is 16.2 Å². The van der Waals surface area contributed by atoms with Crippen LogP contribution in [0.15, 0.2) is 24.3 Å². The van der Waals surface area contributed by atoms with Crippen molar-refractivity contribution in [2.24, 2.45) is 0 Å². The standard InChI is InChI=1S/C17H24FN3O/c1-11(9-13-10-12(2)20-21-13)19-16(22)17(7-8-17)14-5-3-4-6-15(14)18/h3-6,11-13,20-21H,7-10H2,1-2H3,(H,19,22). The maximum atomic E-state index is 14.0. The average Bonchev–Trinajstić information content (AvgIpc) is 3.18. The molecular weight excluding hydrogens is 281 g/mol. The summed E-state index contributed by atoms with van der Waals surface area (Å²) < 4.78 is 14.0. The highest BCUT2D eigenvalue weighted by Gasteiger charge is 2.52. The zero-order chi connectivity index (χ0) is 15.7. The molecule has 0 aromatic heterocycles. The first-order valence-corrected chi connectivity index (χ1v) is 8.08. The van der Waals surface area contributed by atoms with E-state index in [0.717, 1.165) is 25.7 Å². The third-order valence-corrected chi connectivity index (χ3v) is 4.76. The molecule has 1 amide bonds. The Bertz CT molecular complexity index is 559. The lowest BCUT2D eigenvalue weighted by atomic mass is 9.93. The summed E-state index contributed by atoms with van der Waals surface area (Å²) in [6.07, 6.45) is 3.38. The lowest BCUT2D eigenvalue weighted by Gasteiger charge is -2.22. The number of carbonyl (C=O) groups excluding carboxylic acids is 1. The monoisotopic (exact) mass is 305 g/mol.